The summed E-state index contributed by atoms with van der Waals surface area (Å²) in [5.41, 5.74) is 2.37. The molecule has 4 heteroatoms. The molecule has 1 atom stereocenters. The molecule has 0 bridgehead atoms. The summed E-state index contributed by atoms with van der Waals surface area (Å²) in [7, 11) is 0. The first-order valence-electron chi connectivity index (χ1n) is 6.47. The second-order valence-corrected chi connectivity index (χ2v) is 6.27. The number of halogens is 2. The zero-order valence-electron chi connectivity index (χ0n) is 10.5. The van der Waals surface area contributed by atoms with Crippen LogP contribution in [0.15, 0.2) is 29.6 Å². The molecule has 2 aromatic rings. The minimum atomic E-state index is -0.286. The summed E-state index contributed by atoms with van der Waals surface area (Å²) >= 11 is 7.89. The van der Waals surface area contributed by atoms with E-state index < -0.39 is 0 Å². The largest absolute Gasteiger partial charge is 0.306 e. The number of nitrogens with one attached hydrogen (secondary N) is 1. The Morgan fingerprint density at radius 1 is 1.37 bits per heavy atom. The van der Waals surface area contributed by atoms with Gasteiger partial charge in [0.2, 0.25) is 0 Å². The van der Waals surface area contributed by atoms with Crippen LogP contribution in [-0.2, 0) is 13.0 Å². The maximum Gasteiger partial charge on any atom is 0.124 e. The average molecular weight is 296 g/mol. The summed E-state index contributed by atoms with van der Waals surface area (Å²) in [6, 6.07) is 7.19. The number of hydrogen-bond acceptors (Lipinski definition) is 2. The minimum absolute atomic E-state index is 0.286. The Bertz CT molecular complexity index is 581. The molecule has 0 radical (unpaired) electrons. The Hall–Kier alpha value is -0.900. The SMILES string of the molecule is Fc1ccc(CNC2CCCc3sccc32)c(Cl)c1. The molecule has 100 valence electrons. The summed E-state index contributed by atoms with van der Waals surface area (Å²) in [5, 5.41) is 6.20. The lowest BCUT2D eigenvalue weighted by Crippen LogP contribution is -2.24. The zero-order valence-corrected chi connectivity index (χ0v) is 12.0. The molecule has 1 aromatic heterocycles. The van der Waals surface area contributed by atoms with Crippen molar-refractivity contribution in [3.05, 3.63) is 56.5 Å². The highest BCUT2D eigenvalue weighted by Crippen LogP contribution is 2.33. The summed E-state index contributed by atoms with van der Waals surface area (Å²) in [6.45, 7) is 0.680. The Morgan fingerprint density at radius 2 is 2.26 bits per heavy atom. The molecular weight excluding hydrogens is 281 g/mol. The van der Waals surface area contributed by atoms with Crippen LogP contribution >= 0.6 is 22.9 Å². The smallest absolute Gasteiger partial charge is 0.124 e. The van der Waals surface area contributed by atoms with E-state index >= 15 is 0 Å². The van der Waals surface area contributed by atoms with E-state index in [-0.39, 0.29) is 5.82 Å². The minimum Gasteiger partial charge on any atom is -0.306 e. The third kappa shape index (κ3) is 2.83. The molecule has 3 rings (SSSR count). The van der Waals surface area contributed by atoms with E-state index in [1.165, 1.54) is 35.4 Å². The van der Waals surface area contributed by atoms with Crippen molar-refractivity contribution in [3.63, 3.8) is 0 Å². The molecule has 0 spiro atoms. The third-order valence-electron chi connectivity index (χ3n) is 3.61. The fraction of sp³-hybridized carbons (Fsp3) is 0.333. The van der Waals surface area contributed by atoms with Gasteiger partial charge in [0.25, 0.3) is 0 Å². The van der Waals surface area contributed by atoms with Crippen molar-refractivity contribution in [2.75, 3.05) is 0 Å². The van der Waals surface area contributed by atoms with Crippen molar-refractivity contribution in [3.8, 4) is 0 Å². The molecule has 1 aliphatic rings. The third-order valence-corrected chi connectivity index (χ3v) is 4.95. The van der Waals surface area contributed by atoms with Gasteiger partial charge in [-0.3, -0.25) is 0 Å². The van der Waals surface area contributed by atoms with Gasteiger partial charge in [-0.25, -0.2) is 4.39 Å². The van der Waals surface area contributed by atoms with E-state index in [1.807, 2.05) is 11.3 Å². The van der Waals surface area contributed by atoms with E-state index in [4.69, 9.17) is 11.6 Å². The number of fused-ring (bicyclic) bond motifs is 1. The molecule has 0 amide bonds. The van der Waals surface area contributed by atoms with Crippen LogP contribution in [0.3, 0.4) is 0 Å². The van der Waals surface area contributed by atoms with Crippen LogP contribution in [-0.4, -0.2) is 0 Å². The van der Waals surface area contributed by atoms with E-state index in [0.29, 0.717) is 17.6 Å². The first-order valence-corrected chi connectivity index (χ1v) is 7.73. The van der Waals surface area contributed by atoms with Crippen LogP contribution in [0.2, 0.25) is 5.02 Å². The highest BCUT2D eigenvalue weighted by atomic mass is 35.5. The maximum absolute atomic E-state index is 13.0. The van der Waals surface area contributed by atoms with Gasteiger partial charge in [0.1, 0.15) is 5.82 Å². The van der Waals surface area contributed by atoms with Crippen molar-refractivity contribution in [2.45, 2.75) is 31.8 Å². The second-order valence-electron chi connectivity index (χ2n) is 4.86. The Kier molecular flexibility index (Phi) is 3.87. The lowest BCUT2D eigenvalue weighted by molar-refractivity contribution is 0.463. The normalized spacial score (nSPS) is 18.3. The van der Waals surface area contributed by atoms with Crippen LogP contribution < -0.4 is 5.32 Å². The van der Waals surface area contributed by atoms with Gasteiger partial charge < -0.3 is 5.32 Å². The van der Waals surface area contributed by atoms with E-state index in [9.17, 15) is 4.39 Å². The molecule has 1 N–H and O–H groups in total. The highest BCUT2D eigenvalue weighted by molar-refractivity contribution is 7.10. The second kappa shape index (κ2) is 5.61. The molecule has 0 saturated heterocycles. The van der Waals surface area contributed by atoms with Crippen molar-refractivity contribution >= 4 is 22.9 Å². The fourth-order valence-electron chi connectivity index (χ4n) is 2.60. The topological polar surface area (TPSA) is 12.0 Å². The predicted molar refractivity (Wildman–Crippen MR) is 78.2 cm³/mol. The fourth-order valence-corrected chi connectivity index (χ4v) is 3.82. The van der Waals surface area contributed by atoms with Crippen LogP contribution in [0.5, 0.6) is 0 Å². The number of benzene rings is 1. The van der Waals surface area contributed by atoms with Crippen molar-refractivity contribution in [2.24, 2.45) is 0 Å². The maximum atomic E-state index is 13.0. The first kappa shape index (κ1) is 13.1. The summed E-state index contributed by atoms with van der Waals surface area (Å²) in [6.07, 6.45) is 3.58. The number of hydrogen-bond donors (Lipinski definition) is 1. The predicted octanol–water partition coefficient (Wildman–Crippen LogP) is 4.71. The van der Waals surface area contributed by atoms with Gasteiger partial charge in [0.15, 0.2) is 0 Å². The molecule has 0 fully saturated rings. The van der Waals surface area contributed by atoms with Gasteiger partial charge in [0.05, 0.1) is 0 Å². The Morgan fingerprint density at radius 3 is 3.11 bits per heavy atom. The number of thiophene rings is 1. The van der Waals surface area contributed by atoms with Gasteiger partial charge in [0, 0.05) is 22.5 Å². The Labute approximate surface area is 121 Å². The van der Waals surface area contributed by atoms with Gasteiger partial charge in [-0.1, -0.05) is 17.7 Å². The van der Waals surface area contributed by atoms with E-state index in [1.54, 1.807) is 6.07 Å². The van der Waals surface area contributed by atoms with Gasteiger partial charge >= 0.3 is 0 Å². The number of rotatable bonds is 3. The average Bonchev–Trinajstić information content (AvgIpc) is 2.86. The molecule has 0 saturated carbocycles. The van der Waals surface area contributed by atoms with Gasteiger partial charge in [-0.05, 0) is 54.0 Å². The molecule has 1 heterocycles. The van der Waals surface area contributed by atoms with Crippen molar-refractivity contribution < 1.29 is 4.39 Å². The van der Waals surface area contributed by atoms with Crippen LogP contribution in [0.4, 0.5) is 4.39 Å². The van der Waals surface area contributed by atoms with Crippen molar-refractivity contribution in [1.29, 1.82) is 0 Å². The monoisotopic (exact) mass is 295 g/mol. The van der Waals surface area contributed by atoms with Crippen LogP contribution in [0, 0.1) is 5.82 Å². The van der Waals surface area contributed by atoms with E-state index in [2.05, 4.69) is 16.8 Å². The van der Waals surface area contributed by atoms with Gasteiger partial charge in [-0.2, -0.15) is 0 Å². The zero-order chi connectivity index (χ0) is 13.2. The quantitative estimate of drug-likeness (QED) is 0.865. The molecule has 1 unspecified atom stereocenters. The Balaban J connectivity index is 1.71. The number of aryl methyl sites for hydroxylation is 1. The summed E-state index contributed by atoms with van der Waals surface area (Å²) in [5.74, 6) is -0.286. The van der Waals surface area contributed by atoms with Crippen LogP contribution in [0.1, 0.15) is 34.9 Å². The molecule has 0 aliphatic heterocycles. The van der Waals surface area contributed by atoms with Gasteiger partial charge in [-0.15, -0.1) is 11.3 Å². The lowest BCUT2D eigenvalue weighted by atomic mass is 9.94. The summed E-state index contributed by atoms with van der Waals surface area (Å²) in [4.78, 5) is 1.49. The highest BCUT2D eigenvalue weighted by Gasteiger charge is 2.20. The summed E-state index contributed by atoms with van der Waals surface area (Å²) < 4.78 is 13.0. The molecule has 1 nitrogen and oxygen atoms in total. The van der Waals surface area contributed by atoms with Crippen molar-refractivity contribution in [1.82, 2.24) is 5.32 Å². The molecule has 1 aliphatic carbocycles. The molecule has 1 aromatic carbocycles. The lowest BCUT2D eigenvalue weighted by Gasteiger charge is -2.24. The standard InChI is InChI=1S/C15H15ClFNS/c16-13-8-11(17)5-4-10(13)9-18-14-2-1-3-15-12(14)6-7-19-15/h4-8,14,18H,1-3,9H2. The molecule has 19 heavy (non-hydrogen) atoms. The van der Waals surface area contributed by atoms with E-state index in [0.717, 1.165) is 12.0 Å². The van der Waals surface area contributed by atoms with Crippen LogP contribution in [0.25, 0.3) is 0 Å². The first-order chi connectivity index (χ1) is 9.24. The molecular formula is C15H15ClFNS.